The zero-order valence-corrected chi connectivity index (χ0v) is 10.3. The molecule has 1 aromatic carbocycles. The minimum atomic E-state index is -0.936. The second-order valence-corrected chi connectivity index (χ2v) is 4.63. The molecular weight excluding hydrogens is 248 g/mol. The Balaban J connectivity index is 1.95. The number of nitrogens with zero attached hydrogens (tertiary/aromatic N) is 2. The van der Waals surface area contributed by atoms with E-state index in [1.54, 1.807) is 25.1 Å². The Morgan fingerprint density at radius 3 is 3.00 bits per heavy atom. The van der Waals surface area contributed by atoms with Crippen LogP contribution < -0.4 is 4.90 Å². The van der Waals surface area contributed by atoms with Gasteiger partial charge in [0.25, 0.3) is 0 Å². The molecule has 0 bridgehead atoms. The lowest BCUT2D eigenvalue weighted by Crippen LogP contribution is -2.25. The Bertz CT molecular complexity index is 676. The van der Waals surface area contributed by atoms with E-state index in [-0.39, 0.29) is 18.9 Å². The number of aryl methyl sites for hydroxylation is 1. The van der Waals surface area contributed by atoms with Gasteiger partial charge in [0, 0.05) is 25.6 Å². The molecule has 1 unspecified atom stereocenters. The van der Waals surface area contributed by atoms with Crippen LogP contribution in [0.3, 0.4) is 0 Å². The maximum atomic E-state index is 11.8. The molecule has 0 spiro atoms. The summed E-state index contributed by atoms with van der Waals surface area (Å²) in [4.78, 5) is 28.5. The highest BCUT2D eigenvalue weighted by Gasteiger charge is 2.35. The Hall–Kier alpha value is -2.37. The first-order valence-electron chi connectivity index (χ1n) is 5.95. The summed E-state index contributed by atoms with van der Waals surface area (Å²) in [6.07, 6.45) is 0.0468. The van der Waals surface area contributed by atoms with Crippen molar-refractivity contribution in [1.82, 2.24) is 4.98 Å². The lowest BCUT2D eigenvalue weighted by atomic mass is 10.1. The second-order valence-electron chi connectivity index (χ2n) is 4.63. The molecule has 1 N–H and O–H groups in total. The van der Waals surface area contributed by atoms with Gasteiger partial charge in [-0.15, -0.1) is 0 Å². The van der Waals surface area contributed by atoms with E-state index in [1.165, 1.54) is 4.90 Å². The maximum absolute atomic E-state index is 11.8. The van der Waals surface area contributed by atoms with Gasteiger partial charge in [-0.05, 0) is 18.2 Å². The molecule has 1 atom stereocenters. The van der Waals surface area contributed by atoms with Crippen LogP contribution in [-0.4, -0.2) is 28.5 Å². The Labute approximate surface area is 108 Å². The normalized spacial score (nSPS) is 19.3. The average Bonchev–Trinajstić information content (AvgIpc) is 2.90. The van der Waals surface area contributed by atoms with Crippen LogP contribution in [0.4, 0.5) is 5.69 Å². The van der Waals surface area contributed by atoms with E-state index in [2.05, 4.69) is 4.98 Å². The van der Waals surface area contributed by atoms with Crippen molar-refractivity contribution in [1.29, 1.82) is 0 Å². The van der Waals surface area contributed by atoms with Crippen molar-refractivity contribution in [3.8, 4) is 0 Å². The fourth-order valence-corrected chi connectivity index (χ4v) is 2.32. The van der Waals surface area contributed by atoms with Crippen LogP contribution in [0.5, 0.6) is 0 Å². The van der Waals surface area contributed by atoms with Gasteiger partial charge >= 0.3 is 5.97 Å². The van der Waals surface area contributed by atoms with Crippen LogP contribution in [0, 0.1) is 12.8 Å². The van der Waals surface area contributed by atoms with Gasteiger partial charge in [0.2, 0.25) is 5.91 Å². The topological polar surface area (TPSA) is 83.6 Å². The predicted molar refractivity (Wildman–Crippen MR) is 66.8 cm³/mol. The molecule has 1 aliphatic heterocycles. The number of amides is 1. The number of anilines is 1. The van der Waals surface area contributed by atoms with Gasteiger partial charge in [0.15, 0.2) is 11.5 Å². The molecule has 0 saturated carbocycles. The molecule has 0 radical (unpaired) electrons. The fourth-order valence-electron chi connectivity index (χ4n) is 2.32. The Kier molecular flexibility index (Phi) is 2.51. The van der Waals surface area contributed by atoms with E-state index in [0.717, 1.165) is 0 Å². The van der Waals surface area contributed by atoms with Crippen molar-refractivity contribution >= 4 is 28.7 Å². The number of hydrogen-bond donors (Lipinski definition) is 1. The number of aliphatic carboxylic acids is 1. The number of oxazole rings is 1. The quantitative estimate of drug-likeness (QED) is 0.886. The van der Waals surface area contributed by atoms with Crippen molar-refractivity contribution in [2.45, 2.75) is 13.3 Å². The summed E-state index contributed by atoms with van der Waals surface area (Å²) in [7, 11) is 0. The van der Waals surface area contributed by atoms with Crippen LogP contribution in [0.15, 0.2) is 22.6 Å². The van der Waals surface area contributed by atoms with Gasteiger partial charge in [-0.25, -0.2) is 4.98 Å². The number of carboxylic acid groups (broad SMARTS) is 1. The van der Waals surface area contributed by atoms with Gasteiger partial charge in [0.05, 0.1) is 5.92 Å². The van der Waals surface area contributed by atoms with Crippen molar-refractivity contribution in [3.63, 3.8) is 0 Å². The number of carboxylic acids is 1. The first kappa shape index (κ1) is 11.7. The second kappa shape index (κ2) is 4.08. The zero-order chi connectivity index (χ0) is 13.6. The van der Waals surface area contributed by atoms with Crippen molar-refractivity contribution in [2.75, 3.05) is 11.4 Å². The molecule has 6 nitrogen and oxygen atoms in total. The number of carbonyl (C=O) groups is 2. The summed E-state index contributed by atoms with van der Waals surface area (Å²) in [6.45, 7) is 1.96. The molecule has 19 heavy (non-hydrogen) atoms. The van der Waals surface area contributed by atoms with Crippen molar-refractivity contribution in [2.24, 2.45) is 5.92 Å². The number of aromatic nitrogens is 1. The lowest BCUT2D eigenvalue weighted by Gasteiger charge is -2.15. The smallest absolute Gasteiger partial charge is 0.308 e. The summed E-state index contributed by atoms with van der Waals surface area (Å²) in [5.41, 5.74) is 1.99. The van der Waals surface area contributed by atoms with E-state index in [4.69, 9.17) is 9.52 Å². The Morgan fingerprint density at radius 2 is 2.32 bits per heavy atom. The van der Waals surface area contributed by atoms with Crippen LogP contribution in [0.2, 0.25) is 0 Å². The third kappa shape index (κ3) is 1.95. The SMILES string of the molecule is Cc1nc2cc(N3CC(C(=O)O)CC3=O)ccc2o1. The fraction of sp³-hybridized carbons (Fsp3) is 0.308. The van der Waals surface area contributed by atoms with Crippen molar-refractivity contribution in [3.05, 3.63) is 24.1 Å². The van der Waals surface area contributed by atoms with Crippen LogP contribution in [0.1, 0.15) is 12.3 Å². The lowest BCUT2D eigenvalue weighted by molar-refractivity contribution is -0.141. The van der Waals surface area contributed by atoms with Gasteiger partial charge < -0.3 is 14.4 Å². The van der Waals surface area contributed by atoms with Gasteiger partial charge in [-0.1, -0.05) is 0 Å². The van der Waals surface area contributed by atoms with Crippen LogP contribution in [0.25, 0.3) is 11.1 Å². The van der Waals surface area contributed by atoms with Gasteiger partial charge in [0.1, 0.15) is 5.52 Å². The predicted octanol–water partition coefficient (Wildman–Crippen LogP) is 1.57. The number of hydrogen-bond acceptors (Lipinski definition) is 4. The number of fused-ring (bicyclic) bond motifs is 1. The molecule has 0 aliphatic carbocycles. The summed E-state index contributed by atoms with van der Waals surface area (Å²) in [5.74, 6) is -1.19. The maximum Gasteiger partial charge on any atom is 0.308 e. The third-order valence-corrected chi connectivity index (χ3v) is 3.26. The summed E-state index contributed by atoms with van der Waals surface area (Å²) < 4.78 is 5.36. The molecule has 6 heteroatoms. The first-order chi connectivity index (χ1) is 9.04. The molecular formula is C13H12N2O4. The molecule has 2 heterocycles. The highest BCUT2D eigenvalue weighted by atomic mass is 16.4. The first-order valence-corrected chi connectivity index (χ1v) is 5.95. The standard InChI is InChI=1S/C13H12N2O4/c1-7-14-10-5-9(2-3-11(10)19-7)15-6-8(13(17)18)4-12(15)16/h2-3,5,8H,4,6H2,1H3,(H,17,18). The molecule has 1 amide bonds. The molecule has 1 aromatic heterocycles. The van der Waals surface area contributed by atoms with Gasteiger partial charge in [-0.3, -0.25) is 9.59 Å². The summed E-state index contributed by atoms with van der Waals surface area (Å²) >= 11 is 0. The number of benzene rings is 1. The third-order valence-electron chi connectivity index (χ3n) is 3.26. The summed E-state index contributed by atoms with van der Waals surface area (Å²) in [5, 5.41) is 8.96. The number of carbonyl (C=O) groups excluding carboxylic acids is 1. The van der Waals surface area contributed by atoms with E-state index < -0.39 is 11.9 Å². The number of rotatable bonds is 2. The summed E-state index contributed by atoms with van der Waals surface area (Å²) in [6, 6.07) is 5.23. The molecule has 1 fully saturated rings. The van der Waals surface area contributed by atoms with E-state index in [1.807, 2.05) is 0 Å². The minimum Gasteiger partial charge on any atom is -0.481 e. The monoisotopic (exact) mass is 260 g/mol. The molecule has 2 aromatic rings. The average molecular weight is 260 g/mol. The van der Waals surface area contributed by atoms with Gasteiger partial charge in [-0.2, -0.15) is 0 Å². The van der Waals surface area contributed by atoms with Crippen LogP contribution >= 0.6 is 0 Å². The van der Waals surface area contributed by atoms with Crippen LogP contribution in [-0.2, 0) is 9.59 Å². The molecule has 3 rings (SSSR count). The molecule has 98 valence electrons. The van der Waals surface area contributed by atoms with Crippen molar-refractivity contribution < 1.29 is 19.1 Å². The highest BCUT2D eigenvalue weighted by Crippen LogP contribution is 2.28. The van der Waals surface area contributed by atoms with E-state index >= 15 is 0 Å². The Morgan fingerprint density at radius 1 is 1.53 bits per heavy atom. The zero-order valence-electron chi connectivity index (χ0n) is 10.3. The largest absolute Gasteiger partial charge is 0.481 e. The molecule has 1 saturated heterocycles. The van der Waals surface area contributed by atoms with E-state index in [9.17, 15) is 9.59 Å². The molecule has 1 aliphatic rings. The highest BCUT2D eigenvalue weighted by molar-refractivity contribution is 6.00. The van der Waals surface area contributed by atoms with E-state index in [0.29, 0.717) is 22.7 Å². The minimum absolute atomic E-state index is 0.0468.